The van der Waals surface area contributed by atoms with E-state index in [4.69, 9.17) is 4.42 Å². The van der Waals surface area contributed by atoms with Crippen molar-refractivity contribution >= 4 is 11.8 Å². The van der Waals surface area contributed by atoms with Crippen molar-refractivity contribution in [2.24, 2.45) is 0 Å². The van der Waals surface area contributed by atoms with Crippen LogP contribution in [0.15, 0.2) is 22.8 Å². The molecule has 2 amide bonds. The second-order valence-corrected chi connectivity index (χ2v) is 4.54. The highest BCUT2D eigenvalue weighted by atomic mass is 16.3. The van der Waals surface area contributed by atoms with Crippen molar-refractivity contribution in [1.82, 2.24) is 10.2 Å². The minimum absolute atomic E-state index is 0.0803. The van der Waals surface area contributed by atoms with Crippen LogP contribution in [-0.4, -0.2) is 29.3 Å². The molecule has 5 heteroatoms. The first-order chi connectivity index (χ1) is 8.63. The molecule has 0 bridgehead atoms. The van der Waals surface area contributed by atoms with Crippen LogP contribution in [0, 0.1) is 0 Å². The zero-order valence-electron chi connectivity index (χ0n) is 10.7. The van der Waals surface area contributed by atoms with E-state index in [1.165, 1.54) is 4.90 Å². The molecule has 1 N–H and O–H groups in total. The maximum atomic E-state index is 12.0. The number of furan rings is 1. The van der Waals surface area contributed by atoms with E-state index in [1.807, 2.05) is 19.9 Å². The van der Waals surface area contributed by atoms with Crippen molar-refractivity contribution in [2.45, 2.75) is 38.8 Å². The van der Waals surface area contributed by atoms with E-state index in [0.29, 0.717) is 6.54 Å². The highest BCUT2D eigenvalue weighted by Crippen LogP contribution is 2.19. The Labute approximate surface area is 106 Å². The van der Waals surface area contributed by atoms with E-state index in [1.54, 1.807) is 12.3 Å². The minimum atomic E-state index is -0.427. The summed E-state index contributed by atoms with van der Waals surface area (Å²) >= 11 is 0. The average molecular weight is 250 g/mol. The number of likely N-dealkylation sites (tertiary alicyclic amines) is 1. The smallest absolute Gasteiger partial charge is 0.246 e. The summed E-state index contributed by atoms with van der Waals surface area (Å²) in [6, 6.07) is 3.15. The molecule has 0 saturated carbocycles. The molecule has 1 aromatic rings. The Morgan fingerprint density at radius 1 is 1.56 bits per heavy atom. The lowest BCUT2D eigenvalue weighted by atomic mass is 10.2. The third-order valence-electron chi connectivity index (χ3n) is 3.11. The molecule has 1 aromatic heterocycles. The molecule has 18 heavy (non-hydrogen) atoms. The van der Waals surface area contributed by atoms with Gasteiger partial charge in [-0.25, -0.2) is 0 Å². The van der Waals surface area contributed by atoms with E-state index in [0.717, 1.165) is 12.2 Å². The SMILES string of the molecule is CCCN1C(=O)CC(NC(C)c2ccco2)C1=O. The monoisotopic (exact) mass is 250 g/mol. The van der Waals surface area contributed by atoms with Crippen molar-refractivity contribution in [3.63, 3.8) is 0 Å². The molecule has 0 spiro atoms. The summed E-state index contributed by atoms with van der Waals surface area (Å²) in [7, 11) is 0. The fourth-order valence-electron chi connectivity index (χ4n) is 2.19. The Bertz CT molecular complexity index is 427. The van der Waals surface area contributed by atoms with Gasteiger partial charge in [0.05, 0.1) is 24.8 Å². The molecule has 1 aliphatic heterocycles. The summed E-state index contributed by atoms with van der Waals surface area (Å²) in [6.45, 7) is 4.37. The largest absolute Gasteiger partial charge is 0.468 e. The van der Waals surface area contributed by atoms with Crippen LogP contribution in [0.1, 0.15) is 38.5 Å². The van der Waals surface area contributed by atoms with Crippen molar-refractivity contribution < 1.29 is 14.0 Å². The van der Waals surface area contributed by atoms with E-state index >= 15 is 0 Å². The molecule has 0 aliphatic carbocycles. The number of rotatable bonds is 5. The average Bonchev–Trinajstić information content (AvgIpc) is 2.94. The van der Waals surface area contributed by atoms with Crippen LogP contribution < -0.4 is 5.32 Å². The zero-order chi connectivity index (χ0) is 13.1. The highest BCUT2D eigenvalue weighted by molar-refractivity contribution is 6.05. The molecule has 1 saturated heterocycles. The van der Waals surface area contributed by atoms with Gasteiger partial charge in [0.25, 0.3) is 0 Å². The predicted octanol–water partition coefficient (Wildman–Crippen LogP) is 1.47. The van der Waals surface area contributed by atoms with Crippen molar-refractivity contribution in [1.29, 1.82) is 0 Å². The molecular weight excluding hydrogens is 232 g/mol. The van der Waals surface area contributed by atoms with Crippen LogP contribution in [0.5, 0.6) is 0 Å². The van der Waals surface area contributed by atoms with Crippen LogP contribution in [0.2, 0.25) is 0 Å². The third kappa shape index (κ3) is 2.46. The molecule has 2 unspecified atom stereocenters. The Hall–Kier alpha value is -1.62. The summed E-state index contributed by atoms with van der Waals surface area (Å²) in [6.07, 6.45) is 2.63. The van der Waals surface area contributed by atoms with Gasteiger partial charge in [0.15, 0.2) is 0 Å². The number of amides is 2. The first-order valence-corrected chi connectivity index (χ1v) is 6.27. The van der Waals surface area contributed by atoms with Gasteiger partial charge in [0.2, 0.25) is 11.8 Å². The van der Waals surface area contributed by atoms with Crippen molar-refractivity contribution in [2.75, 3.05) is 6.54 Å². The standard InChI is InChI=1S/C13H18N2O3/c1-3-6-15-12(16)8-10(13(15)17)14-9(2)11-5-4-7-18-11/h4-5,7,9-10,14H,3,6,8H2,1-2H3. The van der Waals surface area contributed by atoms with Gasteiger partial charge in [-0.1, -0.05) is 6.92 Å². The van der Waals surface area contributed by atoms with Crippen LogP contribution in [0.3, 0.4) is 0 Å². The normalized spacial score (nSPS) is 21.7. The van der Waals surface area contributed by atoms with Gasteiger partial charge >= 0.3 is 0 Å². The van der Waals surface area contributed by atoms with Gasteiger partial charge in [0, 0.05) is 6.54 Å². The molecule has 2 atom stereocenters. The second-order valence-electron chi connectivity index (χ2n) is 4.54. The summed E-state index contributed by atoms with van der Waals surface area (Å²) in [5.74, 6) is 0.551. The molecule has 1 fully saturated rings. The number of hydrogen-bond donors (Lipinski definition) is 1. The second kappa shape index (κ2) is 5.35. The number of carbonyl (C=O) groups is 2. The van der Waals surface area contributed by atoms with E-state index in [2.05, 4.69) is 5.32 Å². The number of hydrogen-bond acceptors (Lipinski definition) is 4. The van der Waals surface area contributed by atoms with Crippen molar-refractivity contribution in [3.8, 4) is 0 Å². The van der Waals surface area contributed by atoms with Crippen LogP contribution in [-0.2, 0) is 9.59 Å². The Morgan fingerprint density at radius 3 is 2.94 bits per heavy atom. The van der Waals surface area contributed by atoms with Gasteiger partial charge in [-0.2, -0.15) is 0 Å². The molecule has 0 aromatic carbocycles. The van der Waals surface area contributed by atoms with Gasteiger partial charge in [-0.15, -0.1) is 0 Å². The summed E-state index contributed by atoms with van der Waals surface area (Å²) in [5, 5.41) is 3.14. The molecule has 98 valence electrons. The zero-order valence-corrected chi connectivity index (χ0v) is 10.7. The van der Waals surface area contributed by atoms with E-state index < -0.39 is 6.04 Å². The maximum Gasteiger partial charge on any atom is 0.246 e. The lowest BCUT2D eigenvalue weighted by Gasteiger charge is -2.17. The predicted molar refractivity (Wildman–Crippen MR) is 65.7 cm³/mol. The number of imide groups is 1. The first-order valence-electron chi connectivity index (χ1n) is 6.27. The van der Waals surface area contributed by atoms with E-state index in [9.17, 15) is 9.59 Å². The van der Waals surface area contributed by atoms with Gasteiger partial charge in [-0.3, -0.25) is 19.8 Å². The fourth-order valence-corrected chi connectivity index (χ4v) is 2.19. The van der Waals surface area contributed by atoms with Crippen LogP contribution >= 0.6 is 0 Å². The molecular formula is C13H18N2O3. The molecule has 0 radical (unpaired) electrons. The number of nitrogens with zero attached hydrogens (tertiary/aromatic N) is 1. The minimum Gasteiger partial charge on any atom is -0.468 e. The summed E-state index contributed by atoms with van der Waals surface area (Å²) in [4.78, 5) is 25.1. The quantitative estimate of drug-likeness (QED) is 0.804. The molecule has 5 nitrogen and oxygen atoms in total. The third-order valence-corrected chi connectivity index (χ3v) is 3.11. The van der Waals surface area contributed by atoms with E-state index in [-0.39, 0.29) is 24.3 Å². The Kier molecular flexibility index (Phi) is 3.81. The van der Waals surface area contributed by atoms with Crippen molar-refractivity contribution in [3.05, 3.63) is 24.2 Å². The Balaban J connectivity index is 1.99. The van der Waals surface area contributed by atoms with Gasteiger partial charge in [-0.05, 0) is 25.5 Å². The lowest BCUT2D eigenvalue weighted by Crippen LogP contribution is -2.40. The van der Waals surface area contributed by atoms with Crippen LogP contribution in [0.4, 0.5) is 0 Å². The van der Waals surface area contributed by atoms with Gasteiger partial charge in [0.1, 0.15) is 5.76 Å². The number of carbonyl (C=O) groups excluding carboxylic acids is 2. The summed E-state index contributed by atoms with van der Waals surface area (Å²) < 4.78 is 5.27. The summed E-state index contributed by atoms with van der Waals surface area (Å²) in [5.41, 5.74) is 0. The van der Waals surface area contributed by atoms with Gasteiger partial charge < -0.3 is 4.42 Å². The topological polar surface area (TPSA) is 62.6 Å². The molecule has 2 rings (SSSR count). The number of nitrogens with one attached hydrogen (secondary N) is 1. The fraction of sp³-hybridized carbons (Fsp3) is 0.538. The molecule has 1 aliphatic rings. The molecule has 2 heterocycles. The lowest BCUT2D eigenvalue weighted by molar-refractivity contribution is -0.138. The van der Waals surface area contributed by atoms with Crippen LogP contribution in [0.25, 0.3) is 0 Å². The highest BCUT2D eigenvalue weighted by Gasteiger charge is 2.38. The maximum absolute atomic E-state index is 12.0. The Morgan fingerprint density at radius 2 is 2.33 bits per heavy atom. The first kappa shape index (κ1) is 12.8.